The molecule has 3 rings (SSSR count). The predicted octanol–water partition coefficient (Wildman–Crippen LogP) is 3.86. The van der Waals surface area contributed by atoms with Gasteiger partial charge in [0.1, 0.15) is 16.4 Å². The van der Waals surface area contributed by atoms with E-state index in [1.54, 1.807) is 11.7 Å². The van der Waals surface area contributed by atoms with Gasteiger partial charge >= 0.3 is 0 Å². The lowest BCUT2D eigenvalue weighted by Crippen LogP contribution is -2.26. The number of methoxy groups -OCH3 is 1. The number of hydrogen-bond donors (Lipinski definition) is 0. The molecular formula is C21H24N2O3S. The number of ether oxygens (including phenoxy) is 1. The van der Waals surface area contributed by atoms with Gasteiger partial charge in [0.2, 0.25) is 0 Å². The summed E-state index contributed by atoms with van der Waals surface area (Å²) in [6.07, 6.45) is 1.84. The molecule has 27 heavy (non-hydrogen) atoms. The van der Waals surface area contributed by atoms with Crippen LogP contribution in [0, 0.1) is 0 Å². The van der Waals surface area contributed by atoms with E-state index in [-0.39, 0.29) is 11.3 Å². The van der Waals surface area contributed by atoms with Gasteiger partial charge in [-0.2, -0.15) is 0 Å². The van der Waals surface area contributed by atoms with Crippen LogP contribution >= 0.6 is 11.3 Å². The number of aryl methyl sites for hydroxylation is 1. The normalized spacial score (nSPS) is 11.2. The van der Waals surface area contributed by atoms with Crippen LogP contribution in [-0.2, 0) is 28.9 Å². The first-order valence-corrected chi connectivity index (χ1v) is 10.0. The zero-order valence-corrected chi connectivity index (χ0v) is 16.8. The second-order valence-electron chi connectivity index (χ2n) is 6.56. The highest BCUT2D eigenvalue weighted by molar-refractivity contribution is 7.17. The lowest BCUT2D eigenvalue weighted by molar-refractivity contribution is -0.117. The van der Waals surface area contributed by atoms with Gasteiger partial charge in [0.15, 0.2) is 0 Å². The number of hydrogen-bond acceptors (Lipinski definition) is 5. The van der Waals surface area contributed by atoms with Crippen molar-refractivity contribution in [1.82, 2.24) is 9.55 Å². The Bertz CT molecular complexity index is 1000. The molecule has 6 heteroatoms. The van der Waals surface area contributed by atoms with Crippen molar-refractivity contribution in [2.24, 2.45) is 0 Å². The smallest absolute Gasteiger partial charge is 0.262 e. The fraction of sp³-hybridized carbons (Fsp3) is 0.381. The largest absolute Gasteiger partial charge is 0.384 e. The number of benzene rings is 1. The van der Waals surface area contributed by atoms with E-state index in [2.05, 4.69) is 31.2 Å². The molecule has 0 fully saturated rings. The molecule has 2 heterocycles. The Morgan fingerprint density at radius 3 is 2.63 bits per heavy atom. The first-order chi connectivity index (χ1) is 13.0. The monoisotopic (exact) mass is 384 g/mol. The van der Waals surface area contributed by atoms with Crippen LogP contribution < -0.4 is 5.56 Å². The highest BCUT2D eigenvalue weighted by atomic mass is 32.1. The van der Waals surface area contributed by atoms with Gasteiger partial charge in [0, 0.05) is 37.4 Å². The van der Waals surface area contributed by atoms with Crippen LogP contribution in [0.4, 0.5) is 0 Å². The van der Waals surface area contributed by atoms with Crippen molar-refractivity contribution in [3.63, 3.8) is 0 Å². The summed E-state index contributed by atoms with van der Waals surface area (Å²) in [7, 11) is 1.62. The molecule has 0 N–H and O–H groups in total. The van der Waals surface area contributed by atoms with Gasteiger partial charge in [-0.3, -0.25) is 14.2 Å². The molecular weight excluding hydrogens is 360 g/mol. The van der Waals surface area contributed by atoms with Crippen LogP contribution in [-0.4, -0.2) is 29.1 Å². The average Bonchev–Trinajstić information content (AvgIpc) is 3.09. The fourth-order valence-electron chi connectivity index (χ4n) is 3.08. The maximum absolute atomic E-state index is 13.3. The Morgan fingerprint density at radius 1 is 1.26 bits per heavy atom. The summed E-state index contributed by atoms with van der Waals surface area (Å²) in [6, 6.07) is 8.29. The van der Waals surface area contributed by atoms with Crippen molar-refractivity contribution in [2.75, 3.05) is 13.7 Å². The van der Waals surface area contributed by atoms with Gasteiger partial charge in [-0.25, -0.2) is 4.98 Å². The highest BCUT2D eigenvalue weighted by Crippen LogP contribution is 2.31. The third-order valence-electron chi connectivity index (χ3n) is 4.66. The summed E-state index contributed by atoms with van der Waals surface area (Å²) in [4.78, 5) is 30.2. The van der Waals surface area contributed by atoms with Crippen LogP contribution in [0.25, 0.3) is 21.3 Å². The molecule has 0 radical (unpaired) electrons. The van der Waals surface area contributed by atoms with E-state index in [4.69, 9.17) is 9.72 Å². The molecule has 0 aliphatic rings. The zero-order chi connectivity index (χ0) is 19.4. The van der Waals surface area contributed by atoms with E-state index in [0.717, 1.165) is 22.4 Å². The van der Waals surface area contributed by atoms with E-state index in [0.29, 0.717) is 37.2 Å². The molecule has 0 saturated carbocycles. The quantitative estimate of drug-likeness (QED) is 0.592. The van der Waals surface area contributed by atoms with E-state index < -0.39 is 0 Å². The van der Waals surface area contributed by atoms with Gasteiger partial charge in [-0.1, -0.05) is 31.2 Å². The molecule has 0 aliphatic carbocycles. The molecule has 142 valence electrons. The number of aromatic nitrogens is 2. The van der Waals surface area contributed by atoms with Crippen molar-refractivity contribution >= 4 is 27.3 Å². The number of fused-ring (bicyclic) bond motifs is 1. The minimum Gasteiger partial charge on any atom is -0.384 e. The fourth-order valence-corrected chi connectivity index (χ4v) is 4.04. The number of nitrogens with zero attached hydrogens (tertiary/aromatic N) is 2. The Morgan fingerprint density at radius 2 is 2.00 bits per heavy atom. The maximum Gasteiger partial charge on any atom is 0.262 e. The first-order valence-electron chi connectivity index (χ1n) is 9.13. The first kappa shape index (κ1) is 19.5. The van der Waals surface area contributed by atoms with Crippen molar-refractivity contribution in [2.45, 2.75) is 39.7 Å². The van der Waals surface area contributed by atoms with Crippen molar-refractivity contribution < 1.29 is 9.53 Å². The summed E-state index contributed by atoms with van der Waals surface area (Å²) >= 11 is 1.48. The van der Waals surface area contributed by atoms with E-state index in [9.17, 15) is 9.59 Å². The lowest BCUT2D eigenvalue weighted by atomic mass is 10.0. The van der Waals surface area contributed by atoms with Crippen LogP contribution in [0.5, 0.6) is 0 Å². The van der Waals surface area contributed by atoms with Crippen molar-refractivity contribution in [1.29, 1.82) is 0 Å². The van der Waals surface area contributed by atoms with Crippen molar-refractivity contribution in [3.05, 3.63) is 51.4 Å². The third-order valence-corrected chi connectivity index (χ3v) is 5.54. The molecule has 1 aromatic carbocycles. The topological polar surface area (TPSA) is 61.2 Å². The maximum atomic E-state index is 13.3. The molecule has 2 aromatic heterocycles. The van der Waals surface area contributed by atoms with Gasteiger partial charge in [0.25, 0.3) is 5.56 Å². The molecule has 0 unspecified atom stereocenters. The van der Waals surface area contributed by atoms with Crippen LogP contribution in [0.3, 0.4) is 0 Å². The standard InChI is InChI=1S/C21H24N2O3S/c1-4-15-5-7-16(8-6-15)17-13-27-20-19(17)21(25)23(11-9-14(2)24)18(22-20)10-12-26-3/h5-8,13H,4,9-12H2,1-3H3. The van der Waals surface area contributed by atoms with Crippen molar-refractivity contribution in [3.8, 4) is 11.1 Å². The number of ketones is 1. The number of rotatable bonds is 8. The molecule has 0 spiro atoms. The molecule has 0 bridgehead atoms. The third kappa shape index (κ3) is 4.17. The van der Waals surface area contributed by atoms with Crippen LogP contribution in [0.15, 0.2) is 34.4 Å². The van der Waals surface area contributed by atoms with Gasteiger partial charge in [-0.15, -0.1) is 11.3 Å². The second-order valence-corrected chi connectivity index (χ2v) is 7.42. The molecule has 0 amide bonds. The highest BCUT2D eigenvalue weighted by Gasteiger charge is 2.17. The SMILES string of the molecule is CCc1ccc(-c2csc3nc(CCOC)n(CCC(C)=O)c(=O)c23)cc1. The van der Waals surface area contributed by atoms with Crippen LogP contribution in [0.2, 0.25) is 0 Å². The van der Waals surface area contributed by atoms with Gasteiger partial charge < -0.3 is 4.74 Å². The molecule has 0 saturated heterocycles. The summed E-state index contributed by atoms with van der Waals surface area (Å²) in [6.45, 7) is 4.49. The van der Waals surface area contributed by atoms with Gasteiger partial charge in [0.05, 0.1) is 12.0 Å². The van der Waals surface area contributed by atoms with Gasteiger partial charge in [-0.05, 0) is 24.5 Å². The zero-order valence-electron chi connectivity index (χ0n) is 15.9. The number of carbonyl (C=O) groups excluding carboxylic acids is 1. The Hall–Kier alpha value is -2.31. The predicted molar refractivity (Wildman–Crippen MR) is 110 cm³/mol. The van der Waals surface area contributed by atoms with E-state index in [1.165, 1.54) is 23.8 Å². The summed E-state index contributed by atoms with van der Waals surface area (Å²) < 4.78 is 6.79. The number of Topliss-reactive ketones (excluding diaryl/α,β-unsaturated/α-hetero) is 1. The summed E-state index contributed by atoms with van der Waals surface area (Å²) in [5.74, 6) is 0.728. The molecule has 0 atom stereocenters. The summed E-state index contributed by atoms with van der Waals surface area (Å²) in [5.41, 5.74) is 3.10. The molecule has 3 aromatic rings. The van der Waals surface area contributed by atoms with E-state index in [1.807, 2.05) is 5.38 Å². The Kier molecular flexibility index (Phi) is 6.19. The summed E-state index contributed by atoms with van der Waals surface area (Å²) in [5, 5.41) is 2.63. The minimum absolute atomic E-state index is 0.0559. The molecule has 5 nitrogen and oxygen atoms in total. The Labute approximate surface area is 162 Å². The minimum atomic E-state index is -0.0804. The second kappa shape index (κ2) is 8.59. The lowest BCUT2D eigenvalue weighted by Gasteiger charge is -2.12. The Balaban J connectivity index is 2.13. The number of thiophene rings is 1. The molecule has 0 aliphatic heterocycles. The van der Waals surface area contributed by atoms with Crippen LogP contribution in [0.1, 0.15) is 31.7 Å². The number of carbonyl (C=O) groups is 1. The van der Waals surface area contributed by atoms with E-state index >= 15 is 0 Å². The average molecular weight is 385 g/mol.